The molecule has 0 aliphatic heterocycles. The van der Waals surface area contributed by atoms with Gasteiger partial charge in [0.05, 0.1) is 12.2 Å². The molecule has 22 heavy (non-hydrogen) atoms. The normalized spacial score (nSPS) is 10.5. The number of ether oxygens (including phenoxy) is 1. The van der Waals surface area contributed by atoms with Gasteiger partial charge >= 0.3 is 5.97 Å². The molecule has 0 spiro atoms. The molecule has 6 nitrogen and oxygen atoms in total. The Morgan fingerprint density at radius 3 is 2.91 bits per heavy atom. The summed E-state index contributed by atoms with van der Waals surface area (Å²) in [7, 11) is 0. The molecule has 0 bridgehead atoms. The fourth-order valence-electron chi connectivity index (χ4n) is 1.85. The van der Waals surface area contributed by atoms with Crippen molar-refractivity contribution in [3.8, 4) is 0 Å². The van der Waals surface area contributed by atoms with E-state index in [1.165, 1.54) is 6.20 Å². The van der Waals surface area contributed by atoms with Gasteiger partial charge < -0.3 is 15.7 Å². The van der Waals surface area contributed by atoms with Crippen molar-refractivity contribution in [3.63, 3.8) is 0 Å². The lowest BCUT2D eigenvalue weighted by atomic mass is 10.1. The molecule has 116 valence electrons. The molecule has 7 heteroatoms. The first-order valence-corrected chi connectivity index (χ1v) is 7.62. The van der Waals surface area contributed by atoms with E-state index in [4.69, 9.17) is 10.5 Å². The second-order valence-electron chi connectivity index (χ2n) is 4.48. The molecule has 2 aromatic heterocycles. The zero-order valence-corrected chi connectivity index (χ0v) is 13.2. The summed E-state index contributed by atoms with van der Waals surface area (Å²) < 4.78 is 5.79. The van der Waals surface area contributed by atoms with Crippen LogP contribution in [0.4, 0.5) is 0 Å². The molecule has 2 N–H and O–H groups in total. The van der Waals surface area contributed by atoms with Gasteiger partial charge in [0.15, 0.2) is 6.20 Å². The summed E-state index contributed by atoms with van der Waals surface area (Å²) in [5, 5.41) is 12.6. The number of pyridine rings is 2. The van der Waals surface area contributed by atoms with Crippen molar-refractivity contribution in [2.24, 2.45) is 5.73 Å². The lowest BCUT2D eigenvalue weighted by molar-refractivity contribution is -0.645. The van der Waals surface area contributed by atoms with Crippen LogP contribution in [-0.4, -0.2) is 17.6 Å². The van der Waals surface area contributed by atoms with Crippen molar-refractivity contribution < 1.29 is 14.3 Å². The Bertz CT molecular complexity index is 692. The first kappa shape index (κ1) is 16.3. The summed E-state index contributed by atoms with van der Waals surface area (Å²) in [4.78, 5) is 16.5. The van der Waals surface area contributed by atoms with Gasteiger partial charge in [-0.1, -0.05) is 0 Å². The Balaban J connectivity index is 2.46. The molecule has 0 saturated heterocycles. The number of rotatable bonds is 5. The van der Waals surface area contributed by atoms with E-state index < -0.39 is 5.97 Å². The first-order valence-electron chi connectivity index (χ1n) is 6.80. The van der Waals surface area contributed by atoms with E-state index in [0.717, 1.165) is 27.7 Å². The number of aromatic nitrogens is 2. The zero-order chi connectivity index (χ0) is 16.1. The molecule has 0 fully saturated rings. The van der Waals surface area contributed by atoms with Crippen LogP contribution in [0.2, 0.25) is 0 Å². The highest BCUT2D eigenvalue weighted by Gasteiger charge is 2.20. The number of nitrogens with two attached hydrogens (primary N) is 1. The molecular weight excluding hydrogens is 302 g/mol. The fourth-order valence-corrected chi connectivity index (χ4v) is 2.79. The molecular formula is C15H17N3O3S. The van der Waals surface area contributed by atoms with Crippen molar-refractivity contribution in [3.05, 3.63) is 52.5 Å². The van der Waals surface area contributed by atoms with Crippen LogP contribution < -0.4 is 10.5 Å². The molecule has 2 rings (SSSR count). The Morgan fingerprint density at radius 2 is 2.27 bits per heavy atom. The van der Waals surface area contributed by atoms with Crippen molar-refractivity contribution in [2.75, 3.05) is 6.61 Å². The number of hydrogen-bond donors (Lipinski definition) is 1. The quantitative estimate of drug-likeness (QED) is 0.513. The summed E-state index contributed by atoms with van der Waals surface area (Å²) in [6.07, 6.45) is 1.40. The van der Waals surface area contributed by atoms with E-state index in [9.17, 15) is 10.0 Å². The highest BCUT2D eigenvalue weighted by atomic mass is 32.2. The molecule has 0 radical (unpaired) electrons. The Labute approximate surface area is 132 Å². The van der Waals surface area contributed by atoms with Crippen molar-refractivity contribution >= 4 is 17.7 Å². The van der Waals surface area contributed by atoms with Crippen LogP contribution in [0.1, 0.15) is 28.5 Å². The standard InChI is InChI=1S/C15H17N3O3S/c1-3-21-15(19)12-8-11(9-16)10(2)17-14(12)22-13-6-4-5-7-18(13)20/h4-8H,3,9,16H2,1-2H3. The number of hydrogen-bond acceptors (Lipinski definition) is 6. The molecule has 0 saturated carbocycles. The molecule has 2 heterocycles. The smallest absolute Gasteiger partial charge is 0.340 e. The van der Waals surface area contributed by atoms with Crippen molar-refractivity contribution in [2.45, 2.75) is 30.4 Å². The summed E-state index contributed by atoms with van der Waals surface area (Å²) in [5.74, 6) is -0.472. The van der Waals surface area contributed by atoms with Gasteiger partial charge in [-0.15, -0.1) is 0 Å². The molecule has 0 unspecified atom stereocenters. The minimum Gasteiger partial charge on any atom is -0.618 e. The van der Waals surface area contributed by atoms with E-state index in [2.05, 4.69) is 4.98 Å². The highest BCUT2D eigenvalue weighted by molar-refractivity contribution is 7.99. The van der Waals surface area contributed by atoms with E-state index in [-0.39, 0.29) is 13.2 Å². The van der Waals surface area contributed by atoms with Crippen LogP contribution in [0.3, 0.4) is 0 Å². The maximum Gasteiger partial charge on any atom is 0.340 e. The Hall–Kier alpha value is -2.12. The van der Waals surface area contributed by atoms with Crippen LogP contribution in [0, 0.1) is 12.1 Å². The predicted octanol–water partition coefficient (Wildman–Crippen LogP) is 1.81. The lowest BCUT2D eigenvalue weighted by Gasteiger charge is -2.11. The van der Waals surface area contributed by atoms with Gasteiger partial charge in [-0.2, -0.15) is 4.73 Å². The minimum absolute atomic E-state index is 0.266. The summed E-state index contributed by atoms with van der Waals surface area (Å²) in [5.41, 5.74) is 7.49. The average molecular weight is 319 g/mol. The number of esters is 1. The highest BCUT2D eigenvalue weighted by Crippen LogP contribution is 2.28. The minimum atomic E-state index is -0.472. The third kappa shape index (κ3) is 3.55. The number of carbonyl (C=O) groups is 1. The van der Waals surface area contributed by atoms with Gasteiger partial charge in [0.2, 0.25) is 0 Å². The molecule has 2 aromatic rings. The van der Waals surface area contributed by atoms with Gasteiger partial charge in [0, 0.05) is 36.1 Å². The third-order valence-electron chi connectivity index (χ3n) is 2.99. The summed E-state index contributed by atoms with van der Waals surface area (Å²) in [6, 6.07) is 6.74. The van der Waals surface area contributed by atoms with Crippen LogP contribution >= 0.6 is 11.8 Å². The Kier molecular flexibility index (Phi) is 5.35. The molecule has 0 amide bonds. The largest absolute Gasteiger partial charge is 0.618 e. The van der Waals surface area contributed by atoms with Gasteiger partial charge in [-0.3, -0.25) is 0 Å². The van der Waals surface area contributed by atoms with E-state index in [0.29, 0.717) is 15.6 Å². The predicted molar refractivity (Wildman–Crippen MR) is 82.3 cm³/mol. The lowest BCUT2D eigenvalue weighted by Crippen LogP contribution is -2.27. The molecule has 0 atom stereocenters. The summed E-state index contributed by atoms with van der Waals surface area (Å²) >= 11 is 1.13. The van der Waals surface area contributed by atoms with Gasteiger partial charge in [-0.05, 0) is 31.5 Å². The topological polar surface area (TPSA) is 92.2 Å². The Morgan fingerprint density at radius 1 is 1.50 bits per heavy atom. The monoisotopic (exact) mass is 319 g/mol. The molecule has 0 aromatic carbocycles. The fraction of sp³-hybridized carbons (Fsp3) is 0.267. The zero-order valence-electron chi connectivity index (χ0n) is 12.4. The SMILES string of the molecule is CCOC(=O)c1cc(CN)c(C)nc1Sc1cccc[n+]1[O-]. The first-order chi connectivity index (χ1) is 10.6. The maximum atomic E-state index is 12.1. The number of carbonyl (C=O) groups excluding carboxylic acids is 1. The van der Waals surface area contributed by atoms with Crippen LogP contribution in [-0.2, 0) is 11.3 Å². The average Bonchev–Trinajstić information content (AvgIpc) is 2.50. The molecule has 0 aliphatic rings. The molecule has 0 aliphatic carbocycles. The van der Waals surface area contributed by atoms with Crippen LogP contribution in [0.5, 0.6) is 0 Å². The van der Waals surface area contributed by atoms with Gasteiger partial charge in [-0.25, -0.2) is 9.78 Å². The summed E-state index contributed by atoms with van der Waals surface area (Å²) in [6.45, 7) is 4.10. The second-order valence-corrected chi connectivity index (χ2v) is 5.49. The van der Waals surface area contributed by atoms with Crippen molar-refractivity contribution in [1.82, 2.24) is 4.98 Å². The van der Waals surface area contributed by atoms with E-state index in [1.54, 1.807) is 31.2 Å². The third-order valence-corrected chi connectivity index (χ3v) is 4.02. The van der Waals surface area contributed by atoms with Crippen LogP contribution in [0.15, 0.2) is 40.5 Å². The number of aryl methyl sites for hydroxylation is 1. The van der Waals surface area contributed by atoms with E-state index >= 15 is 0 Å². The van der Waals surface area contributed by atoms with Gasteiger partial charge in [0.1, 0.15) is 5.03 Å². The maximum absolute atomic E-state index is 12.1. The second kappa shape index (κ2) is 7.24. The number of nitrogens with zero attached hydrogens (tertiary/aromatic N) is 2. The van der Waals surface area contributed by atoms with E-state index in [1.807, 2.05) is 6.92 Å². The van der Waals surface area contributed by atoms with Crippen molar-refractivity contribution in [1.29, 1.82) is 0 Å². The van der Waals surface area contributed by atoms with Crippen LogP contribution in [0.25, 0.3) is 0 Å². The van der Waals surface area contributed by atoms with Gasteiger partial charge in [0.25, 0.3) is 5.03 Å².